The van der Waals surface area contributed by atoms with Gasteiger partial charge in [-0.1, -0.05) is 23.7 Å². The van der Waals surface area contributed by atoms with Gasteiger partial charge in [0.05, 0.1) is 6.20 Å². The van der Waals surface area contributed by atoms with Crippen molar-refractivity contribution >= 4 is 11.6 Å². The monoisotopic (exact) mass is 249 g/mol. The molecule has 0 amide bonds. The van der Waals surface area contributed by atoms with Crippen molar-refractivity contribution < 1.29 is 0 Å². The Bertz CT molecular complexity index is 493. The molecule has 17 heavy (non-hydrogen) atoms. The van der Waals surface area contributed by atoms with Gasteiger partial charge in [-0.05, 0) is 31.0 Å². The summed E-state index contributed by atoms with van der Waals surface area (Å²) in [6.45, 7) is 2.92. The van der Waals surface area contributed by atoms with Crippen LogP contribution in [0.15, 0.2) is 36.7 Å². The highest BCUT2D eigenvalue weighted by atomic mass is 35.5. The van der Waals surface area contributed by atoms with Crippen LogP contribution in [-0.4, -0.2) is 9.78 Å². The zero-order chi connectivity index (χ0) is 12.3. The molecule has 0 aliphatic carbocycles. The number of aryl methyl sites for hydroxylation is 1. The van der Waals surface area contributed by atoms with Crippen LogP contribution in [0.5, 0.6) is 0 Å². The fraction of sp³-hybridized carbons (Fsp3) is 0.308. The molecule has 0 radical (unpaired) electrons. The largest absolute Gasteiger partial charge is 0.324 e. The second kappa shape index (κ2) is 5.34. The first-order valence-corrected chi connectivity index (χ1v) is 6.09. The first kappa shape index (κ1) is 12.1. The van der Waals surface area contributed by atoms with E-state index in [0.717, 1.165) is 29.1 Å². The Morgan fingerprint density at radius 3 is 2.94 bits per heavy atom. The molecule has 0 aliphatic heterocycles. The molecule has 1 atom stereocenters. The van der Waals surface area contributed by atoms with Gasteiger partial charge in [0.15, 0.2) is 0 Å². The molecule has 0 saturated carbocycles. The molecule has 0 spiro atoms. The number of nitrogens with two attached hydrogens (primary N) is 1. The summed E-state index contributed by atoms with van der Waals surface area (Å²) in [5.74, 6) is 0. The summed E-state index contributed by atoms with van der Waals surface area (Å²) in [4.78, 5) is 0. The third-order valence-corrected chi connectivity index (χ3v) is 2.99. The van der Waals surface area contributed by atoms with Crippen LogP contribution in [0.25, 0.3) is 0 Å². The van der Waals surface area contributed by atoms with Gasteiger partial charge in [-0.25, -0.2) is 0 Å². The molecule has 1 aromatic heterocycles. The van der Waals surface area contributed by atoms with E-state index < -0.39 is 0 Å². The Kier molecular flexibility index (Phi) is 3.82. The normalized spacial score (nSPS) is 12.6. The van der Waals surface area contributed by atoms with Gasteiger partial charge in [0.1, 0.15) is 0 Å². The molecule has 1 aromatic carbocycles. The van der Waals surface area contributed by atoms with Crippen LogP contribution in [0.1, 0.15) is 24.1 Å². The third-order valence-electron chi connectivity index (χ3n) is 2.75. The van der Waals surface area contributed by atoms with Crippen molar-refractivity contribution in [2.75, 3.05) is 0 Å². The predicted octanol–water partition coefficient (Wildman–Crippen LogP) is 2.80. The van der Waals surface area contributed by atoms with Crippen LogP contribution in [0, 0.1) is 0 Å². The summed E-state index contributed by atoms with van der Waals surface area (Å²) in [5, 5.41) is 4.97. The lowest BCUT2D eigenvalue weighted by molar-refractivity contribution is 0.655. The van der Waals surface area contributed by atoms with Crippen LogP contribution in [0.3, 0.4) is 0 Å². The molecule has 1 unspecified atom stereocenters. The standard InChI is InChI=1S/C13H16ClN3/c1-2-17-9-11(8-16-17)13(15)7-10-4-3-5-12(14)6-10/h3-6,8-9,13H,2,7,15H2,1H3. The average molecular weight is 250 g/mol. The molecule has 2 rings (SSSR count). The van der Waals surface area contributed by atoms with Crippen molar-refractivity contribution in [2.24, 2.45) is 5.73 Å². The second-order valence-corrected chi connectivity index (χ2v) is 4.51. The maximum absolute atomic E-state index is 6.15. The third kappa shape index (κ3) is 3.08. The quantitative estimate of drug-likeness (QED) is 0.906. The minimum absolute atomic E-state index is 0.0335. The fourth-order valence-electron chi connectivity index (χ4n) is 1.78. The molecule has 0 bridgehead atoms. The summed E-state index contributed by atoms with van der Waals surface area (Å²) < 4.78 is 1.88. The molecule has 0 saturated heterocycles. The van der Waals surface area contributed by atoms with Crippen molar-refractivity contribution in [1.29, 1.82) is 0 Å². The zero-order valence-electron chi connectivity index (χ0n) is 9.81. The Morgan fingerprint density at radius 2 is 2.29 bits per heavy atom. The predicted molar refractivity (Wildman–Crippen MR) is 70.0 cm³/mol. The number of rotatable bonds is 4. The summed E-state index contributed by atoms with van der Waals surface area (Å²) in [6.07, 6.45) is 4.60. The Labute approximate surface area is 106 Å². The zero-order valence-corrected chi connectivity index (χ0v) is 10.6. The molecular formula is C13H16ClN3. The number of halogens is 1. The van der Waals surface area contributed by atoms with Gasteiger partial charge in [-0.15, -0.1) is 0 Å². The average Bonchev–Trinajstić information content (AvgIpc) is 2.77. The molecule has 3 nitrogen and oxygen atoms in total. The minimum Gasteiger partial charge on any atom is -0.324 e. The lowest BCUT2D eigenvalue weighted by Crippen LogP contribution is -2.12. The highest BCUT2D eigenvalue weighted by Gasteiger charge is 2.09. The molecule has 0 aliphatic rings. The molecular weight excluding hydrogens is 234 g/mol. The van der Waals surface area contributed by atoms with Crippen LogP contribution >= 0.6 is 11.6 Å². The van der Waals surface area contributed by atoms with Crippen molar-refractivity contribution in [3.8, 4) is 0 Å². The Morgan fingerprint density at radius 1 is 1.47 bits per heavy atom. The molecule has 2 N–H and O–H groups in total. The van der Waals surface area contributed by atoms with E-state index in [9.17, 15) is 0 Å². The van der Waals surface area contributed by atoms with Gasteiger partial charge < -0.3 is 5.73 Å². The van der Waals surface area contributed by atoms with Gasteiger partial charge in [0.25, 0.3) is 0 Å². The van der Waals surface area contributed by atoms with Gasteiger partial charge in [0.2, 0.25) is 0 Å². The first-order chi connectivity index (χ1) is 8.19. The van der Waals surface area contributed by atoms with Crippen molar-refractivity contribution in [3.05, 3.63) is 52.8 Å². The first-order valence-electron chi connectivity index (χ1n) is 5.71. The van der Waals surface area contributed by atoms with Crippen molar-refractivity contribution in [1.82, 2.24) is 9.78 Å². The summed E-state index contributed by atoms with van der Waals surface area (Å²) in [5.41, 5.74) is 8.36. The van der Waals surface area contributed by atoms with Gasteiger partial charge >= 0.3 is 0 Å². The van der Waals surface area contributed by atoms with Crippen LogP contribution in [-0.2, 0) is 13.0 Å². The number of nitrogens with zero attached hydrogens (tertiary/aromatic N) is 2. The smallest absolute Gasteiger partial charge is 0.0537 e. The maximum Gasteiger partial charge on any atom is 0.0537 e. The van der Waals surface area contributed by atoms with Crippen LogP contribution in [0.2, 0.25) is 5.02 Å². The lowest BCUT2D eigenvalue weighted by atomic mass is 10.0. The van der Waals surface area contributed by atoms with E-state index in [1.807, 2.05) is 41.3 Å². The minimum atomic E-state index is -0.0335. The fourth-order valence-corrected chi connectivity index (χ4v) is 1.99. The molecule has 0 fully saturated rings. The SMILES string of the molecule is CCn1cc(C(N)Cc2cccc(Cl)c2)cn1. The van der Waals surface area contributed by atoms with Gasteiger partial charge in [-0.2, -0.15) is 5.10 Å². The topological polar surface area (TPSA) is 43.8 Å². The summed E-state index contributed by atoms with van der Waals surface area (Å²) in [7, 11) is 0. The Hall–Kier alpha value is -1.32. The van der Waals surface area contributed by atoms with Gasteiger partial charge in [0, 0.05) is 29.4 Å². The van der Waals surface area contributed by atoms with Crippen molar-refractivity contribution in [3.63, 3.8) is 0 Å². The van der Waals surface area contributed by atoms with Crippen molar-refractivity contribution in [2.45, 2.75) is 25.9 Å². The van der Waals surface area contributed by atoms with Crippen LogP contribution in [0.4, 0.5) is 0 Å². The summed E-state index contributed by atoms with van der Waals surface area (Å²) in [6, 6.07) is 7.77. The summed E-state index contributed by atoms with van der Waals surface area (Å²) >= 11 is 5.94. The van der Waals surface area contributed by atoms with E-state index in [4.69, 9.17) is 17.3 Å². The maximum atomic E-state index is 6.15. The Balaban J connectivity index is 2.08. The number of hydrogen-bond donors (Lipinski definition) is 1. The van der Waals surface area contributed by atoms with E-state index in [1.165, 1.54) is 0 Å². The van der Waals surface area contributed by atoms with E-state index in [0.29, 0.717) is 0 Å². The van der Waals surface area contributed by atoms with E-state index >= 15 is 0 Å². The molecule has 2 aromatic rings. The molecule has 4 heteroatoms. The second-order valence-electron chi connectivity index (χ2n) is 4.07. The van der Waals surface area contributed by atoms with Gasteiger partial charge in [-0.3, -0.25) is 4.68 Å². The van der Waals surface area contributed by atoms with E-state index in [2.05, 4.69) is 12.0 Å². The van der Waals surface area contributed by atoms with E-state index in [-0.39, 0.29) is 6.04 Å². The number of benzene rings is 1. The lowest BCUT2D eigenvalue weighted by Gasteiger charge is -2.09. The molecule has 90 valence electrons. The molecule has 1 heterocycles. The number of hydrogen-bond acceptors (Lipinski definition) is 2. The van der Waals surface area contributed by atoms with E-state index in [1.54, 1.807) is 0 Å². The van der Waals surface area contributed by atoms with Crippen LogP contribution < -0.4 is 5.73 Å². The number of aromatic nitrogens is 2. The highest BCUT2D eigenvalue weighted by Crippen LogP contribution is 2.18. The highest BCUT2D eigenvalue weighted by molar-refractivity contribution is 6.30.